The number of carbonyl (C=O) groups excluding carboxylic acids is 2. The number of hydrogen-bond donors (Lipinski definition) is 0. The largest absolute Gasteiger partial charge is 0.488 e. The first kappa shape index (κ1) is 16.7. The highest BCUT2D eigenvalue weighted by atomic mass is 19.2. The second kappa shape index (κ2) is 6.42. The van der Waals surface area contributed by atoms with Crippen LogP contribution in [-0.4, -0.2) is 24.8 Å². The van der Waals surface area contributed by atoms with E-state index in [1.165, 1.54) is 12.1 Å². The lowest BCUT2D eigenvalue weighted by atomic mass is 9.71. The van der Waals surface area contributed by atoms with Crippen LogP contribution in [0.15, 0.2) is 18.2 Å². The normalized spacial score (nSPS) is 19.7. The van der Waals surface area contributed by atoms with Gasteiger partial charge in [-0.05, 0) is 37.0 Å². The zero-order chi connectivity index (χ0) is 17.3. The molecule has 1 spiro atoms. The average molecular weight is 338 g/mol. The molecular weight excluding hydrogens is 321 g/mol. The maximum Gasteiger partial charge on any atom is 0.201 e. The number of hydrogen-bond acceptors (Lipinski definition) is 3. The van der Waals surface area contributed by atoms with Crippen molar-refractivity contribution in [2.45, 2.75) is 32.1 Å². The molecule has 128 valence electrons. The molecule has 0 saturated heterocycles. The molecule has 6 heteroatoms. The lowest BCUT2D eigenvalue weighted by molar-refractivity contribution is -0.135. The Balaban J connectivity index is 1.86. The van der Waals surface area contributed by atoms with Gasteiger partial charge in [-0.1, -0.05) is 6.08 Å². The van der Waals surface area contributed by atoms with Crippen molar-refractivity contribution in [3.63, 3.8) is 0 Å². The third-order valence-electron chi connectivity index (χ3n) is 4.89. The average Bonchev–Trinajstić information content (AvgIpc) is 2.86. The van der Waals surface area contributed by atoms with E-state index in [0.29, 0.717) is 18.4 Å². The van der Waals surface area contributed by atoms with Gasteiger partial charge in [0.2, 0.25) is 5.82 Å². The SMILES string of the molecule is O=C1CCC(=O)C12CC=C(c1ccc(OCCF)c(F)c1F)CC2. The van der Waals surface area contributed by atoms with E-state index in [4.69, 9.17) is 4.74 Å². The second-order valence-corrected chi connectivity index (χ2v) is 6.14. The highest BCUT2D eigenvalue weighted by Crippen LogP contribution is 2.46. The minimum absolute atomic E-state index is 0.0515. The molecule has 0 unspecified atom stereocenters. The molecule has 0 aromatic heterocycles. The fourth-order valence-electron chi connectivity index (χ4n) is 3.50. The molecular formula is C18H17F3O3. The Labute approximate surface area is 137 Å². The minimum atomic E-state index is -1.16. The molecule has 2 aliphatic carbocycles. The van der Waals surface area contributed by atoms with E-state index in [0.717, 1.165) is 0 Å². The number of allylic oxidation sites excluding steroid dienone is 2. The van der Waals surface area contributed by atoms with E-state index in [1.54, 1.807) is 6.08 Å². The van der Waals surface area contributed by atoms with Crippen LogP contribution in [0.3, 0.4) is 0 Å². The molecule has 0 amide bonds. The van der Waals surface area contributed by atoms with Crippen LogP contribution in [0.4, 0.5) is 13.2 Å². The van der Waals surface area contributed by atoms with Crippen molar-refractivity contribution in [3.8, 4) is 5.75 Å². The van der Waals surface area contributed by atoms with Crippen molar-refractivity contribution in [2.24, 2.45) is 5.41 Å². The van der Waals surface area contributed by atoms with Crippen molar-refractivity contribution < 1.29 is 27.5 Å². The maximum atomic E-state index is 14.3. The van der Waals surface area contributed by atoms with Crippen molar-refractivity contribution in [2.75, 3.05) is 13.3 Å². The molecule has 0 N–H and O–H groups in total. The summed E-state index contributed by atoms with van der Waals surface area (Å²) in [6, 6.07) is 2.65. The van der Waals surface area contributed by atoms with Gasteiger partial charge in [-0.15, -0.1) is 0 Å². The molecule has 1 saturated carbocycles. The van der Waals surface area contributed by atoms with Crippen molar-refractivity contribution in [3.05, 3.63) is 35.4 Å². The predicted octanol–water partition coefficient (Wildman–Crippen LogP) is 3.80. The highest BCUT2D eigenvalue weighted by Gasteiger charge is 2.49. The molecule has 3 rings (SSSR count). The van der Waals surface area contributed by atoms with E-state index in [1.807, 2.05) is 0 Å². The number of carbonyl (C=O) groups is 2. The summed E-state index contributed by atoms with van der Waals surface area (Å²) < 4.78 is 45.2. The second-order valence-electron chi connectivity index (χ2n) is 6.14. The van der Waals surface area contributed by atoms with Gasteiger partial charge in [0, 0.05) is 18.4 Å². The van der Waals surface area contributed by atoms with Gasteiger partial charge in [-0.3, -0.25) is 9.59 Å². The molecule has 3 nitrogen and oxygen atoms in total. The summed E-state index contributed by atoms with van der Waals surface area (Å²) >= 11 is 0. The van der Waals surface area contributed by atoms with E-state index < -0.39 is 23.7 Å². The van der Waals surface area contributed by atoms with Crippen molar-refractivity contribution in [1.29, 1.82) is 0 Å². The first-order valence-electron chi connectivity index (χ1n) is 7.92. The number of alkyl halides is 1. The predicted molar refractivity (Wildman–Crippen MR) is 81.3 cm³/mol. The van der Waals surface area contributed by atoms with Crippen LogP contribution in [0.1, 0.15) is 37.7 Å². The maximum absolute atomic E-state index is 14.3. The Kier molecular flexibility index (Phi) is 4.47. The molecule has 1 aromatic carbocycles. The molecule has 1 fully saturated rings. The van der Waals surface area contributed by atoms with Crippen molar-refractivity contribution >= 4 is 17.1 Å². The smallest absolute Gasteiger partial charge is 0.201 e. The first-order chi connectivity index (χ1) is 11.5. The quantitative estimate of drug-likeness (QED) is 0.785. The van der Waals surface area contributed by atoms with Gasteiger partial charge in [0.05, 0.1) is 5.41 Å². The zero-order valence-electron chi connectivity index (χ0n) is 13.0. The molecule has 0 aliphatic heterocycles. The third kappa shape index (κ3) is 2.64. The van der Waals surface area contributed by atoms with Crippen LogP contribution in [-0.2, 0) is 9.59 Å². The Bertz CT molecular complexity index is 708. The van der Waals surface area contributed by atoms with Gasteiger partial charge < -0.3 is 4.74 Å². The van der Waals surface area contributed by atoms with Crippen LogP contribution >= 0.6 is 0 Å². The molecule has 1 aromatic rings. The number of ketones is 2. The summed E-state index contributed by atoms with van der Waals surface area (Å²) in [5.74, 6) is -2.65. The molecule has 0 bridgehead atoms. The first-order valence-corrected chi connectivity index (χ1v) is 7.92. The Morgan fingerprint density at radius 3 is 2.33 bits per heavy atom. The van der Waals surface area contributed by atoms with Crippen LogP contribution in [0.25, 0.3) is 5.57 Å². The van der Waals surface area contributed by atoms with Crippen LogP contribution in [0.5, 0.6) is 5.75 Å². The summed E-state index contributed by atoms with van der Waals surface area (Å²) in [6.07, 6.45) is 3.10. The summed E-state index contributed by atoms with van der Waals surface area (Å²) in [5, 5.41) is 0. The van der Waals surface area contributed by atoms with E-state index in [9.17, 15) is 22.8 Å². The Hall–Kier alpha value is -2.11. The van der Waals surface area contributed by atoms with Gasteiger partial charge in [-0.2, -0.15) is 4.39 Å². The molecule has 0 heterocycles. The number of rotatable bonds is 4. The third-order valence-corrected chi connectivity index (χ3v) is 4.89. The summed E-state index contributed by atoms with van der Waals surface area (Å²) in [4.78, 5) is 24.1. The Morgan fingerprint density at radius 1 is 1.04 bits per heavy atom. The molecule has 0 atom stereocenters. The monoisotopic (exact) mass is 338 g/mol. The van der Waals surface area contributed by atoms with Crippen LogP contribution < -0.4 is 4.74 Å². The van der Waals surface area contributed by atoms with Crippen LogP contribution in [0.2, 0.25) is 0 Å². The van der Waals surface area contributed by atoms with Gasteiger partial charge >= 0.3 is 0 Å². The topological polar surface area (TPSA) is 43.4 Å². The molecule has 24 heavy (non-hydrogen) atoms. The number of halogens is 3. The number of benzene rings is 1. The highest BCUT2D eigenvalue weighted by molar-refractivity contribution is 6.13. The lowest BCUT2D eigenvalue weighted by Gasteiger charge is -2.29. The van der Waals surface area contributed by atoms with Gasteiger partial charge in [0.25, 0.3) is 0 Å². The van der Waals surface area contributed by atoms with E-state index in [-0.39, 0.29) is 48.7 Å². The summed E-state index contributed by atoms with van der Waals surface area (Å²) in [5.41, 5.74) is -0.294. The number of Topliss-reactive ketones (excluding diaryl/α,β-unsaturated/α-hetero) is 2. The molecule has 0 radical (unpaired) electrons. The zero-order valence-corrected chi connectivity index (χ0v) is 13.0. The lowest BCUT2D eigenvalue weighted by Crippen LogP contribution is -2.34. The van der Waals surface area contributed by atoms with Gasteiger partial charge in [0.15, 0.2) is 11.6 Å². The van der Waals surface area contributed by atoms with Gasteiger partial charge in [0.1, 0.15) is 24.8 Å². The fraction of sp³-hybridized carbons (Fsp3) is 0.444. The Morgan fingerprint density at radius 2 is 1.75 bits per heavy atom. The number of ether oxygens (including phenoxy) is 1. The van der Waals surface area contributed by atoms with Crippen molar-refractivity contribution in [1.82, 2.24) is 0 Å². The van der Waals surface area contributed by atoms with E-state index >= 15 is 0 Å². The standard InChI is InChI=1S/C18H17F3O3/c19-9-10-24-13-2-1-12(16(20)17(13)21)11-5-7-18(8-6-11)14(22)3-4-15(18)23/h1-2,5H,3-4,6-10H2. The molecule has 2 aliphatic rings. The summed E-state index contributed by atoms with van der Waals surface area (Å²) in [7, 11) is 0. The van der Waals surface area contributed by atoms with Crippen LogP contribution in [0, 0.1) is 17.0 Å². The van der Waals surface area contributed by atoms with Gasteiger partial charge in [-0.25, -0.2) is 8.78 Å². The summed E-state index contributed by atoms with van der Waals surface area (Å²) in [6.45, 7) is -1.14. The minimum Gasteiger partial charge on any atom is -0.488 e. The fourth-order valence-corrected chi connectivity index (χ4v) is 3.50. The van der Waals surface area contributed by atoms with E-state index in [2.05, 4.69) is 0 Å².